The Bertz CT molecular complexity index is 237. The minimum atomic E-state index is -0.727. The normalized spacial score (nSPS) is 52.2. The highest BCUT2D eigenvalue weighted by atomic mass is 16.3. The molecule has 0 spiro atoms. The molecule has 3 nitrogen and oxygen atoms in total. The predicted molar refractivity (Wildman–Crippen MR) is 44.5 cm³/mol. The molecule has 2 aliphatic rings. The fourth-order valence-corrected chi connectivity index (χ4v) is 2.33. The van der Waals surface area contributed by atoms with Crippen LogP contribution in [0.2, 0.25) is 0 Å². The minimum absolute atomic E-state index is 0.121. The van der Waals surface area contributed by atoms with Crippen LogP contribution in [0.25, 0.3) is 0 Å². The maximum Gasteiger partial charge on any atom is 0.223 e. The number of carbonyl (C=O) groups is 1. The first-order valence-corrected chi connectivity index (χ1v) is 4.49. The maximum atomic E-state index is 11.3. The molecule has 68 valence electrons. The van der Waals surface area contributed by atoms with E-state index in [0.29, 0.717) is 0 Å². The SMILES string of the molecule is C[C@@]1(O)CC[C@H]2C[C@]1(C)NC2=O. The van der Waals surface area contributed by atoms with Gasteiger partial charge in [0.2, 0.25) is 5.91 Å². The molecule has 0 aromatic heterocycles. The lowest BCUT2D eigenvalue weighted by Gasteiger charge is -2.42. The Hall–Kier alpha value is -0.570. The average molecular weight is 169 g/mol. The smallest absolute Gasteiger partial charge is 0.223 e. The largest absolute Gasteiger partial charge is 0.388 e. The Morgan fingerprint density at radius 2 is 2.25 bits per heavy atom. The van der Waals surface area contributed by atoms with Crippen LogP contribution in [-0.4, -0.2) is 22.2 Å². The van der Waals surface area contributed by atoms with Crippen molar-refractivity contribution < 1.29 is 9.90 Å². The summed E-state index contributed by atoms with van der Waals surface area (Å²) in [5, 5.41) is 12.9. The van der Waals surface area contributed by atoms with Crippen LogP contribution < -0.4 is 5.32 Å². The third-order valence-electron chi connectivity index (χ3n) is 3.59. The Labute approximate surface area is 72.2 Å². The summed E-state index contributed by atoms with van der Waals surface area (Å²) in [6.07, 6.45) is 2.35. The van der Waals surface area contributed by atoms with Gasteiger partial charge in [-0.2, -0.15) is 0 Å². The van der Waals surface area contributed by atoms with Crippen LogP contribution in [0.5, 0.6) is 0 Å². The van der Waals surface area contributed by atoms with Crippen molar-refractivity contribution in [2.24, 2.45) is 5.92 Å². The van der Waals surface area contributed by atoms with Crippen LogP contribution >= 0.6 is 0 Å². The van der Waals surface area contributed by atoms with Crippen molar-refractivity contribution in [3.05, 3.63) is 0 Å². The number of hydrogen-bond acceptors (Lipinski definition) is 2. The van der Waals surface area contributed by atoms with Crippen molar-refractivity contribution in [1.82, 2.24) is 5.32 Å². The Balaban J connectivity index is 2.34. The van der Waals surface area contributed by atoms with Crippen LogP contribution in [-0.2, 0) is 4.79 Å². The molecular formula is C9H15NO2. The first-order chi connectivity index (χ1) is 5.45. The molecule has 2 bridgehead atoms. The molecule has 1 heterocycles. The van der Waals surface area contributed by atoms with Crippen LogP contribution in [0.3, 0.4) is 0 Å². The lowest BCUT2D eigenvalue weighted by atomic mass is 9.71. The highest BCUT2D eigenvalue weighted by molar-refractivity contribution is 5.83. The van der Waals surface area contributed by atoms with Gasteiger partial charge in [-0.15, -0.1) is 0 Å². The van der Waals surface area contributed by atoms with E-state index in [2.05, 4.69) is 5.32 Å². The Morgan fingerprint density at radius 3 is 2.83 bits per heavy atom. The zero-order valence-electron chi connectivity index (χ0n) is 7.55. The molecule has 3 atom stereocenters. The first-order valence-electron chi connectivity index (χ1n) is 4.49. The molecule has 2 N–H and O–H groups in total. The molecule has 12 heavy (non-hydrogen) atoms. The van der Waals surface area contributed by atoms with Gasteiger partial charge >= 0.3 is 0 Å². The van der Waals surface area contributed by atoms with E-state index < -0.39 is 5.60 Å². The summed E-state index contributed by atoms with van der Waals surface area (Å²) in [6.45, 7) is 3.75. The summed E-state index contributed by atoms with van der Waals surface area (Å²) in [6, 6.07) is 0. The average Bonchev–Trinajstić information content (AvgIpc) is 2.19. The lowest BCUT2D eigenvalue weighted by molar-refractivity contribution is -0.122. The fourth-order valence-electron chi connectivity index (χ4n) is 2.33. The van der Waals surface area contributed by atoms with E-state index in [0.717, 1.165) is 19.3 Å². The Morgan fingerprint density at radius 1 is 1.58 bits per heavy atom. The molecule has 0 radical (unpaired) electrons. The van der Waals surface area contributed by atoms with Gasteiger partial charge in [-0.3, -0.25) is 4.79 Å². The van der Waals surface area contributed by atoms with Gasteiger partial charge in [-0.05, 0) is 33.1 Å². The van der Waals surface area contributed by atoms with Gasteiger partial charge in [0.25, 0.3) is 0 Å². The molecule has 1 aliphatic heterocycles. The molecule has 0 unspecified atom stereocenters. The van der Waals surface area contributed by atoms with Crippen molar-refractivity contribution >= 4 is 5.91 Å². The highest BCUT2D eigenvalue weighted by Gasteiger charge is 2.55. The topological polar surface area (TPSA) is 49.3 Å². The molecule has 3 heteroatoms. The van der Waals surface area contributed by atoms with E-state index in [1.54, 1.807) is 0 Å². The summed E-state index contributed by atoms with van der Waals surface area (Å²) in [5.74, 6) is 0.269. The molecule has 0 aromatic carbocycles. The third-order valence-corrected chi connectivity index (χ3v) is 3.59. The van der Waals surface area contributed by atoms with E-state index in [-0.39, 0.29) is 17.4 Å². The summed E-state index contributed by atoms with van der Waals surface area (Å²) >= 11 is 0. The number of carbonyl (C=O) groups excluding carboxylic acids is 1. The molecule has 1 saturated carbocycles. The standard InChI is InChI=1S/C9H15NO2/c1-8-5-6(7(11)10-8)3-4-9(8,2)12/h6,12H,3-5H2,1-2H3,(H,10,11)/t6-,8-,9+/m0/s1. The molecule has 1 aliphatic carbocycles. The van der Waals surface area contributed by atoms with E-state index in [9.17, 15) is 9.90 Å². The zero-order chi connectivity index (χ0) is 8.98. The lowest BCUT2D eigenvalue weighted by Crippen LogP contribution is -2.57. The summed E-state index contributed by atoms with van der Waals surface area (Å²) in [7, 11) is 0. The van der Waals surface area contributed by atoms with Gasteiger partial charge in [-0.25, -0.2) is 0 Å². The summed E-state index contributed by atoms with van der Waals surface area (Å²) in [4.78, 5) is 11.3. The van der Waals surface area contributed by atoms with E-state index in [1.807, 2.05) is 13.8 Å². The minimum Gasteiger partial charge on any atom is -0.388 e. The van der Waals surface area contributed by atoms with Crippen molar-refractivity contribution in [2.45, 2.75) is 44.2 Å². The molecule has 2 rings (SSSR count). The second kappa shape index (κ2) is 2.02. The van der Waals surface area contributed by atoms with Gasteiger partial charge in [-0.1, -0.05) is 0 Å². The quantitative estimate of drug-likeness (QED) is 0.552. The number of fused-ring (bicyclic) bond motifs is 2. The summed E-state index contributed by atoms with van der Waals surface area (Å²) in [5.41, 5.74) is -1.11. The van der Waals surface area contributed by atoms with E-state index >= 15 is 0 Å². The van der Waals surface area contributed by atoms with Gasteiger partial charge in [0.05, 0.1) is 11.1 Å². The van der Waals surface area contributed by atoms with Crippen LogP contribution in [0, 0.1) is 5.92 Å². The van der Waals surface area contributed by atoms with Crippen LogP contribution in [0.4, 0.5) is 0 Å². The van der Waals surface area contributed by atoms with Gasteiger partial charge in [0.1, 0.15) is 0 Å². The van der Waals surface area contributed by atoms with Crippen molar-refractivity contribution in [3.63, 3.8) is 0 Å². The number of rotatable bonds is 0. The van der Waals surface area contributed by atoms with Gasteiger partial charge in [0.15, 0.2) is 0 Å². The predicted octanol–water partition coefficient (Wildman–Crippen LogP) is 0.426. The molecular weight excluding hydrogens is 154 g/mol. The number of nitrogens with one attached hydrogen (secondary N) is 1. The van der Waals surface area contributed by atoms with Gasteiger partial charge < -0.3 is 10.4 Å². The summed E-state index contributed by atoms with van der Waals surface area (Å²) < 4.78 is 0. The van der Waals surface area contributed by atoms with Crippen molar-refractivity contribution in [2.75, 3.05) is 0 Å². The van der Waals surface area contributed by atoms with Crippen LogP contribution in [0.1, 0.15) is 33.1 Å². The fraction of sp³-hybridized carbons (Fsp3) is 0.889. The zero-order valence-corrected chi connectivity index (χ0v) is 7.55. The third kappa shape index (κ3) is 0.829. The monoisotopic (exact) mass is 169 g/mol. The molecule has 1 amide bonds. The first kappa shape index (κ1) is 8.05. The van der Waals surface area contributed by atoms with Crippen molar-refractivity contribution in [1.29, 1.82) is 0 Å². The second-order valence-corrected chi connectivity index (χ2v) is 4.53. The molecule has 0 aromatic rings. The Kier molecular flexibility index (Phi) is 1.35. The van der Waals surface area contributed by atoms with Crippen molar-refractivity contribution in [3.8, 4) is 0 Å². The second-order valence-electron chi connectivity index (χ2n) is 4.53. The number of hydrogen-bond donors (Lipinski definition) is 2. The highest BCUT2D eigenvalue weighted by Crippen LogP contribution is 2.44. The number of aliphatic hydroxyl groups is 1. The van der Waals surface area contributed by atoms with E-state index in [4.69, 9.17) is 0 Å². The van der Waals surface area contributed by atoms with Gasteiger partial charge in [0, 0.05) is 5.92 Å². The molecule has 2 fully saturated rings. The maximum absolute atomic E-state index is 11.3. The number of amides is 1. The molecule has 1 saturated heterocycles. The van der Waals surface area contributed by atoms with E-state index in [1.165, 1.54) is 0 Å². The van der Waals surface area contributed by atoms with Crippen LogP contribution in [0.15, 0.2) is 0 Å².